The van der Waals surface area contributed by atoms with Gasteiger partial charge in [-0.1, -0.05) is 87.0 Å². The van der Waals surface area contributed by atoms with Crippen molar-refractivity contribution in [3.05, 3.63) is 0 Å². The Bertz CT molecular complexity index is 97.7. The van der Waals surface area contributed by atoms with Crippen LogP contribution in [0.25, 0.3) is 0 Å². The Labute approximate surface area is 157 Å². The first-order valence-corrected chi connectivity index (χ1v) is 10.7. The van der Waals surface area contributed by atoms with E-state index < -0.39 is 0 Å². The highest BCUT2D eigenvalue weighted by atomic mass is 14.8. The third-order valence-corrected chi connectivity index (χ3v) is 2.87. The lowest BCUT2D eigenvalue weighted by Crippen LogP contribution is -2.06. The van der Waals surface area contributed by atoms with E-state index in [1.165, 1.54) is 70.9 Å². The summed E-state index contributed by atoms with van der Waals surface area (Å²) in [4.78, 5) is 0. The Kier molecular flexibility index (Phi) is 83.1. The fourth-order valence-electron chi connectivity index (χ4n) is 1.50. The fourth-order valence-corrected chi connectivity index (χ4v) is 1.50. The van der Waals surface area contributed by atoms with Crippen molar-refractivity contribution in [2.24, 2.45) is 5.73 Å². The standard InChI is InChI=1S/2C6H15N.C5H13N.2C2H6/c2*1-3-4-5-6-7-2;1-2-3-4-5-6;2*1-2/h2*7H,3-6H2,1-2H3;2-6H2,1H3;2*1-2H3. The van der Waals surface area contributed by atoms with Gasteiger partial charge >= 0.3 is 0 Å². The highest BCUT2D eigenvalue weighted by Crippen LogP contribution is 1.90. The van der Waals surface area contributed by atoms with Crippen molar-refractivity contribution >= 4 is 0 Å². The summed E-state index contributed by atoms with van der Waals surface area (Å²) in [6.07, 6.45) is 11.8. The predicted molar refractivity (Wildman–Crippen MR) is 118 cm³/mol. The number of rotatable bonds is 11. The lowest BCUT2D eigenvalue weighted by Gasteiger charge is -1.93. The zero-order valence-electron chi connectivity index (χ0n) is 19.1. The molecule has 0 atom stereocenters. The molecule has 0 heterocycles. The first-order valence-electron chi connectivity index (χ1n) is 10.7. The quantitative estimate of drug-likeness (QED) is 0.402. The Hall–Kier alpha value is -0.120. The largest absolute Gasteiger partial charge is 0.330 e. The lowest BCUT2D eigenvalue weighted by atomic mass is 10.2. The second-order valence-corrected chi connectivity index (χ2v) is 5.12. The van der Waals surface area contributed by atoms with Crippen LogP contribution >= 0.6 is 0 Å². The Morgan fingerprint density at radius 3 is 1.00 bits per heavy atom. The number of hydrogen-bond acceptors (Lipinski definition) is 3. The van der Waals surface area contributed by atoms with Crippen molar-refractivity contribution in [2.75, 3.05) is 33.7 Å². The minimum absolute atomic E-state index is 0.855. The third-order valence-electron chi connectivity index (χ3n) is 2.87. The Morgan fingerprint density at radius 1 is 0.542 bits per heavy atom. The van der Waals surface area contributed by atoms with Crippen molar-refractivity contribution in [1.29, 1.82) is 0 Å². The van der Waals surface area contributed by atoms with E-state index in [1.54, 1.807) is 0 Å². The van der Waals surface area contributed by atoms with Crippen LogP contribution in [-0.4, -0.2) is 33.7 Å². The van der Waals surface area contributed by atoms with Gasteiger partial charge in [0.05, 0.1) is 0 Å². The van der Waals surface area contributed by atoms with Gasteiger partial charge in [0, 0.05) is 0 Å². The molecule has 0 fully saturated rings. The van der Waals surface area contributed by atoms with Gasteiger partial charge in [-0.25, -0.2) is 0 Å². The van der Waals surface area contributed by atoms with Gasteiger partial charge in [0.25, 0.3) is 0 Å². The van der Waals surface area contributed by atoms with Crippen molar-refractivity contribution in [3.8, 4) is 0 Å². The van der Waals surface area contributed by atoms with Gasteiger partial charge in [0.15, 0.2) is 0 Å². The van der Waals surface area contributed by atoms with E-state index in [4.69, 9.17) is 5.73 Å². The fraction of sp³-hybridized carbons (Fsp3) is 1.00. The normalized spacial score (nSPS) is 8.25. The molecule has 0 radical (unpaired) electrons. The molecule has 0 saturated carbocycles. The van der Waals surface area contributed by atoms with Crippen LogP contribution in [-0.2, 0) is 0 Å². The molecule has 154 valence electrons. The molecule has 24 heavy (non-hydrogen) atoms. The van der Waals surface area contributed by atoms with E-state index in [0.29, 0.717) is 0 Å². The zero-order chi connectivity index (χ0) is 19.9. The number of unbranched alkanes of at least 4 members (excludes halogenated alkanes) is 6. The number of nitrogens with one attached hydrogen (secondary N) is 2. The van der Waals surface area contributed by atoms with Crippen molar-refractivity contribution in [1.82, 2.24) is 10.6 Å². The van der Waals surface area contributed by atoms with Gasteiger partial charge < -0.3 is 16.4 Å². The molecule has 0 aliphatic heterocycles. The molecule has 0 aliphatic carbocycles. The van der Waals surface area contributed by atoms with Crippen LogP contribution in [0.5, 0.6) is 0 Å². The molecule has 0 unspecified atom stereocenters. The molecule has 3 heteroatoms. The number of hydrogen-bond donors (Lipinski definition) is 3. The van der Waals surface area contributed by atoms with Crippen LogP contribution < -0.4 is 16.4 Å². The van der Waals surface area contributed by atoms with E-state index >= 15 is 0 Å². The average Bonchev–Trinajstić information content (AvgIpc) is 2.65. The average molecular weight is 350 g/mol. The molecular formula is C21H55N3. The maximum Gasteiger partial charge on any atom is -0.00519 e. The van der Waals surface area contributed by atoms with Gasteiger partial charge in [-0.2, -0.15) is 0 Å². The topological polar surface area (TPSA) is 50.1 Å². The predicted octanol–water partition coefficient (Wildman–Crippen LogP) is 5.98. The molecule has 0 spiro atoms. The zero-order valence-corrected chi connectivity index (χ0v) is 19.1. The summed E-state index contributed by atoms with van der Waals surface area (Å²) < 4.78 is 0. The smallest absolute Gasteiger partial charge is 0.00519 e. The maximum absolute atomic E-state index is 5.21. The molecule has 0 saturated heterocycles. The minimum Gasteiger partial charge on any atom is -0.330 e. The SMILES string of the molecule is CC.CC.CCCCCN.CCCCCNC.CCCCCNC. The molecule has 0 rings (SSSR count). The Balaban J connectivity index is -0.0000000681. The van der Waals surface area contributed by atoms with Gasteiger partial charge in [-0.05, 0) is 53.0 Å². The number of nitrogens with two attached hydrogens (primary N) is 1. The van der Waals surface area contributed by atoms with Crippen molar-refractivity contribution in [2.45, 2.75) is 106 Å². The summed E-state index contributed by atoms with van der Waals surface area (Å²) in [5.74, 6) is 0. The molecular weight excluding hydrogens is 294 g/mol. The second-order valence-electron chi connectivity index (χ2n) is 5.12. The van der Waals surface area contributed by atoms with Crippen LogP contribution in [0.3, 0.4) is 0 Å². The molecule has 0 aromatic carbocycles. The minimum atomic E-state index is 0.855. The maximum atomic E-state index is 5.21. The first kappa shape index (κ1) is 35.1. The molecule has 0 amide bonds. The van der Waals surface area contributed by atoms with Crippen LogP contribution in [0.15, 0.2) is 0 Å². The highest BCUT2D eigenvalue weighted by Gasteiger charge is 1.79. The first-order chi connectivity index (χ1) is 11.7. The summed E-state index contributed by atoms with van der Waals surface area (Å²) in [7, 11) is 3.99. The van der Waals surface area contributed by atoms with Gasteiger partial charge in [-0.15, -0.1) is 0 Å². The highest BCUT2D eigenvalue weighted by molar-refractivity contribution is 4.39. The molecule has 4 N–H and O–H groups in total. The van der Waals surface area contributed by atoms with E-state index in [-0.39, 0.29) is 0 Å². The molecule has 0 bridgehead atoms. The summed E-state index contributed by atoms with van der Waals surface area (Å²) in [6, 6.07) is 0. The van der Waals surface area contributed by atoms with Gasteiger partial charge in [-0.3, -0.25) is 0 Å². The summed E-state index contributed by atoms with van der Waals surface area (Å²) in [5.41, 5.74) is 5.21. The molecule has 0 aliphatic rings. The van der Waals surface area contributed by atoms with Crippen LogP contribution in [0.4, 0.5) is 0 Å². The molecule has 0 aromatic heterocycles. The molecule has 0 aromatic rings. The monoisotopic (exact) mass is 349 g/mol. The Morgan fingerprint density at radius 2 is 0.833 bits per heavy atom. The third kappa shape index (κ3) is 80.6. The van der Waals surface area contributed by atoms with Crippen LogP contribution in [0.1, 0.15) is 106 Å². The van der Waals surface area contributed by atoms with Crippen LogP contribution in [0.2, 0.25) is 0 Å². The second kappa shape index (κ2) is 56.9. The van der Waals surface area contributed by atoms with E-state index in [9.17, 15) is 0 Å². The molecule has 3 nitrogen and oxygen atoms in total. The van der Waals surface area contributed by atoms with Crippen molar-refractivity contribution < 1.29 is 0 Å². The summed E-state index contributed by atoms with van der Waals surface area (Å²) in [6.45, 7) is 17.8. The van der Waals surface area contributed by atoms with Crippen LogP contribution in [0, 0.1) is 0 Å². The van der Waals surface area contributed by atoms with Gasteiger partial charge in [0.2, 0.25) is 0 Å². The van der Waals surface area contributed by atoms with E-state index in [1.807, 2.05) is 41.8 Å². The van der Waals surface area contributed by atoms with Gasteiger partial charge in [0.1, 0.15) is 0 Å². The van der Waals surface area contributed by atoms with E-state index in [0.717, 1.165) is 6.54 Å². The lowest BCUT2D eigenvalue weighted by molar-refractivity contribution is 0.667. The van der Waals surface area contributed by atoms with E-state index in [2.05, 4.69) is 31.4 Å². The summed E-state index contributed by atoms with van der Waals surface area (Å²) in [5, 5.41) is 6.20. The summed E-state index contributed by atoms with van der Waals surface area (Å²) >= 11 is 0. The van der Waals surface area contributed by atoms with Crippen molar-refractivity contribution in [3.63, 3.8) is 0 Å².